The second kappa shape index (κ2) is 6.42. The summed E-state index contributed by atoms with van der Waals surface area (Å²) >= 11 is 0. The zero-order valence-corrected chi connectivity index (χ0v) is 7.75. The van der Waals surface area contributed by atoms with Crippen LogP contribution in [0.2, 0.25) is 0 Å². The highest BCUT2D eigenvalue weighted by Gasteiger charge is 2.19. The fourth-order valence-corrected chi connectivity index (χ4v) is 0.809. The molecule has 0 heterocycles. The number of carbonyl (C=O) groups excluding carboxylic acids is 1. The molecule has 0 aromatic carbocycles. The molecule has 1 unspecified atom stereocenters. The Morgan fingerprint density at radius 1 is 1.46 bits per heavy atom. The number of carboxylic acids is 1. The molecule has 0 aliphatic heterocycles. The Morgan fingerprint density at radius 3 is 2.54 bits per heavy atom. The lowest BCUT2D eigenvalue weighted by Crippen LogP contribution is -2.46. The minimum Gasteiger partial charge on any atom is -0.480 e. The summed E-state index contributed by atoms with van der Waals surface area (Å²) in [5.74, 6) is -1.92. The van der Waals surface area contributed by atoms with Crippen molar-refractivity contribution in [3.63, 3.8) is 0 Å². The lowest BCUT2D eigenvalue weighted by Gasteiger charge is -2.07. The number of amides is 1. The molecular formula is C8H16N2O3. The van der Waals surface area contributed by atoms with E-state index in [9.17, 15) is 9.59 Å². The average molecular weight is 188 g/mol. The molecule has 0 saturated heterocycles. The Morgan fingerprint density at radius 2 is 2.08 bits per heavy atom. The highest BCUT2D eigenvalue weighted by molar-refractivity contribution is 6.00. The summed E-state index contributed by atoms with van der Waals surface area (Å²) in [6.07, 6.45) is 2.93. The van der Waals surface area contributed by atoms with E-state index in [1.807, 2.05) is 6.92 Å². The van der Waals surface area contributed by atoms with Crippen molar-refractivity contribution in [2.24, 2.45) is 5.73 Å². The van der Waals surface area contributed by atoms with Gasteiger partial charge in [-0.05, 0) is 6.42 Å². The van der Waals surface area contributed by atoms with Gasteiger partial charge in [-0.15, -0.1) is 0 Å². The lowest BCUT2D eigenvalue weighted by molar-refractivity contribution is -0.142. The predicted molar refractivity (Wildman–Crippen MR) is 48.1 cm³/mol. The minimum absolute atomic E-state index is 0.494. The van der Waals surface area contributed by atoms with E-state index in [-0.39, 0.29) is 0 Å². The first-order valence-corrected chi connectivity index (χ1v) is 4.35. The zero-order valence-electron chi connectivity index (χ0n) is 7.75. The van der Waals surface area contributed by atoms with Crippen molar-refractivity contribution in [2.75, 3.05) is 6.54 Å². The molecule has 5 heteroatoms. The summed E-state index contributed by atoms with van der Waals surface area (Å²) in [6, 6.07) is -1.44. The number of hydrogen-bond donors (Lipinski definition) is 3. The van der Waals surface area contributed by atoms with Gasteiger partial charge in [0.25, 0.3) is 0 Å². The van der Waals surface area contributed by atoms with Crippen LogP contribution in [0.4, 0.5) is 0 Å². The highest BCUT2D eigenvalue weighted by atomic mass is 16.4. The number of carbonyl (C=O) groups is 2. The van der Waals surface area contributed by atoms with Crippen LogP contribution in [0, 0.1) is 0 Å². The van der Waals surface area contributed by atoms with E-state index >= 15 is 0 Å². The van der Waals surface area contributed by atoms with Crippen molar-refractivity contribution >= 4 is 11.9 Å². The van der Waals surface area contributed by atoms with E-state index in [1.54, 1.807) is 0 Å². The maximum atomic E-state index is 10.9. The van der Waals surface area contributed by atoms with Crippen molar-refractivity contribution in [1.29, 1.82) is 0 Å². The van der Waals surface area contributed by atoms with Crippen LogP contribution in [-0.2, 0) is 9.59 Å². The molecule has 0 spiro atoms. The maximum Gasteiger partial charge on any atom is 0.330 e. The SMILES string of the molecule is CCCCCNC(=O)C(N)C(=O)O. The van der Waals surface area contributed by atoms with Crippen LogP contribution in [0.15, 0.2) is 0 Å². The Labute approximate surface area is 77.3 Å². The number of rotatable bonds is 6. The normalized spacial score (nSPS) is 12.2. The first-order valence-electron chi connectivity index (χ1n) is 4.35. The molecule has 0 aliphatic carbocycles. The molecule has 0 bridgehead atoms. The standard InChI is InChI=1S/C8H16N2O3/c1-2-3-4-5-10-7(11)6(9)8(12)13/h6H,2-5,9H2,1H3,(H,10,11)(H,12,13). The molecular weight excluding hydrogens is 172 g/mol. The summed E-state index contributed by atoms with van der Waals surface area (Å²) in [5, 5.41) is 10.8. The lowest BCUT2D eigenvalue weighted by atomic mass is 10.2. The van der Waals surface area contributed by atoms with Gasteiger partial charge in [0.2, 0.25) is 5.91 Å². The summed E-state index contributed by atoms with van der Waals surface area (Å²) in [4.78, 5) is 21.2. The average Bonchev–Trinajstić information content (AvgIpc) is 2.10. The van der Waals surface area contributed by atoms with Gasteiger partial charge in [0.05, 0.1) is 0 Å². The largest absolute Gasteiger partial charge is 0.480 e. The van der Waals surface area contributed by atoms with E-state index in [0.29, 0.717) is 6.54 Å². The van der Waals surface area contributed by atoms with Gasteiger partial charge in [-0.2, -0.15) is 0 Å². The Hall–Kier alpha value is -1.10. The molecule has 0 fully saturated rings. The monoisotopic (exact) mass is 188 g/mol. The number of carboxylic acid groups (broad SMARTS) is 1. The van der Waals surface area contributed by atoms with Crippen LogP contribution in [0.25, 0.3) is 0 Å². The zero-order chi connectivity index (χ0) is 10.3. The molecule has 0 aromatic rings. The molecule has 0 aliphatic rings. The number of nitrogens with two attached hydrogens (primary N) is 1. The second-order valence-electron chi connectivity index (χ2n) is 2.81. The topological polar surface area (TPSA) is 92.4 Å². The summed E-state index contributed by atoms with van der Waals surface area (Å²) in [6.45, 7) is 2.54. The molecule has 76 valence electrons. The van der Waals surface area contributed by atoms with Crippen LogP contribution >= 0.6 is 0 Å². The van der Waals surface area contributed by atoms with E-state index in [4.69, 9.17) is 10.8 Å². The molecule has 5 nitrogen and oxygen atoms in total. The number of nitrogens with one attached hydrogen (secondary N) is 1. The molecule has 0 radical (unpaired) electrons. The van der Waals surface area contributed by atoms with Gasteiger partial charge < -0.3 is 16.2 Å². The van der Waals surface area contributed by atoms with Gasteiger partial charge in [0, 0.05) is 6.54 Å². The van der Waals surface area contributed by atoms with Crippen molar-refractivity contribution in [3.05, 3.63) is 0 Å². The number of hydrogen-bond acceptors (Lipinski definition) is 3. The molecule has 0 rings (SSSR count). The summed E-state index contributed by atoms with van der Waals surface area (Å²) < 4.78 is 0. The van der Waals surface area contributed by atoms with Crippen molar-refractivity contribution in [3.8, 4) is 0 Å². The smallest absolute Gasteiger partial charge is 0.330 e. The maximum absolute atomic E-state index is 10.9. The van der Waals surface area contributed by atoms with Crippen LogP contribution in [0.1, 0.15) is 26.2 Å². The van der Waals surface area contributed by atoms with Crippen molar-refractivity contribution < 1.29 is 14.7 Å². The van der Waals surface area contributed by atoms with Crippen molar-refractivity contribution in [2.45, 2.75) is 32.2 Å². The third-order valence-corrected chi connectivity index (χ3v) is 1.63. The second-order valence-corrected chi connectivity index (χ2v) is 2.81. The van der Waals surface area contributed by atoms with Crippen LogP contribution in [0.5, 0.6) is 0 Å². The van der Waals surface area contributed by atoms with Crippen LogP contribution in [-0.4, -0.2) is 29.6 Å². The summed E-state index contributed by atoms with van der Waals surface area (Å²) in [5.41, 5.74) is 5.06. The molecule has 1 atom stereocenters. The third kappa shape index (κ3) is 5.19. The fourth-order valence-electron chi connectivity index (χ4n) is 0.809. The molecule has 1 amide bonds. The molecule has 13 heavy (non-hydrogen) atoms. The van der Waals surface area contributed by atoms with Crippen LogP contribution in [0.3, 0.4) is 0 Å². The quantitative estimate of drug-likeness (QED) is 0.394. The van der Waals surface area contributed by atoms with Gasteiger partial charge in [-0.3, -0.25) is 4.79 Å². The van der Waals surface area contributed by atoms with Gasteiger partial charge in [-0.1, -0.05) is 19.8 Å². The summed E-state index contributed by atoms with van der Waals surface area (Å²) in [7, 11) is 0. The number of unbranched alkanes of at least 4 members (excludes halogenated alkanes) is 2. The van der Waals surface area contributed by atoms with Crippen molar-refractivity contribution in [1.82, 2.24) is 5.32 Å². The first kappa shape index (κ1) is 11.9. The molecule has 0 saturated carbocycles. The van der Waals surface area contributed by atoms with E-state index < -0.39 is 17.9 Å². The highest BCUT2D eigenvalue weighted by Crippen LogP contribution is 1.91. The van der Waals surface area contributed by atoms with Gasteiger partial charge in [0.15, 0.2) is 6.04 Å². The van der Waals surface area contributed by atoms with E-state index in [1.165, 1.54) is 0 Å². The Bertz CT molecular complexity index is 182. The molecule has 0 aromatic heterocycles. The Balaban J connectivity index is 3.56. The van der Waals surface area contributed by atoms with Gasteiger partial charge in [0.1, 0.15) is 0 Å². The fraction of sp³-hybridized carbons (Fsp3) is 0.750. The third-order valence-electron chi connectivity index (χ3n) is 1.63. The molecule has 4 N–H and O–H groups in total. The number of aliphatic carboxylic acids is 1. The van der Waals surface area contributed by atoms with E-state index in [2.05, 4.69) is 5.32 Å². The predicted octanol–water partition coefficient (Wildman–Crippen LogP) is -0.295. The van der Waals surface area contributed by atoms with E-state index in [0.717, 1.165) is 19.3 Å². The Kier molecular flexibility index (Phi) is 5.88. The minimum atomic E-state index is -1.44. The van der Waals surface area contributed by atoms with Gasteiger partial charge >= 0.3 is 5.97 Å². The van der Waals surface area contributed by atoms with Gasteiger partial charge in [-0.25, -0.2) is 4.79 Å². The van der Waals surface area contributed by atoms with Crippen LogP contribution < -0.4 is 11.1 Å². The first-order chi connectivity index (χ1) is 6.09.